The van der Waals surface area contributed by atoms with Gasteiger partial charge in [-0.15, -0.1) is 11.6 Å². The van der Waals surface area contributed by atoms with Gasteiger partial charge in [-0.05, 0) is 18.6 Å². The second-order valence-electron chi connectivity index (χ2n) is 4.17. The molecular formula is C14H9ClF4. The molecule has 0 nitrogen and oxygen atoms in total. The molecule has 0 saturated carbocycles. The van der Waals surface area contributed by atoms with Crippen LogP contribution in [0.4, 0.5) is 17.6 Å². The minimum Gasteiger partial charge on any atom is -0.207 e. The van der Waals surface area contributed by atoms with E-state index in [1.54, 1.807) is 13.0 Å². The van der Waals surface area contributed by atoms with Gasteiger partial charge >= 0.3 is 0 Å². The lowest BCUT2D eigenvalue weighted by Gasteiger charge is -2.13. The number of rotatable bonds is 2. The molecule has 1 atom stereocenters. The van der Waals surface area contributed by atoms with E-state index in [-0.39, 0.29) is 5.56 Å². The standard InChI is InChI=1S/C14H9ClF4/c1-7-2-3-9(10(17)4-7)14(15)13-11(18)5-8(16)6-12(13)19/h2-6,14H,1H3. The molecular weight excluding hydrogens is 280 g/mol. The second-order valence-corrected chi connectivity index (χ2v) is 4.61. The molecule has 2 rings (SSSR count). The summed E-state index contributed by atoms with van der Waals surface area (Å²) in [7, 11) is 0. The highest BCUT2D eigenvalue weighted by Gasteiger charge is 2.23. The molecule has 0 fully saturated rings. The summed E-state index contributed by atoms with van der Waals surface area (Å²) in [6.07, 6.45) is 0. The van der Waals surface area contributed by atoms with Gasteiger partial charge in [-0.3, -0.25) is 0 Å². The van der Waals surface area contributed by atoms with E-state index in [0.717, 1.165) is 0 Å². The van der Waals surface area contributed by atoms with Gasteiger partial charge in [-0.25, -0.2) is 17.6 Å². The van der Waals surface area contributed by atoms with Gasteiger partial charge in [0.15, 0.2) is 0 Å². The number of hydrogen-bond donors (Lipinski definition) is 0. The van der Waals surface area contributed by atoms with Crippen molar-refractivity contribution >= 4 is 11.6 Å². The highest BCUT2D eigenvalue weighted by Crippen LogP contribution is 2.34. The van der Waals surface area contributed by atoms with E-state index in [9.17, 15) is 17.6 Å². The molecule has 0 amide bonds. The molecule has 0 spiro atoms. The van der Waals surface area contributed by atoms with Crippen LogP contribution in [-0.4, -0.2) is 0 Å². The molecule has 0 heterocycles. The lowest BCUT2D eigenvalue weighted by atomic mass is 10.0. The smallest absolute Gasteiger partial charge is 0.134 e. The van der Waals surface area contributed by atoms with E-state index in [4.69, 9.17) is 11.6 Å². The van der Waals surface area contributed by atoms with Gasteiger partial charge in [0, 0.05) is 23.3 Å². The van der Waals surface area contributed by atoms with Crippen molar-refractivity contribution < 1.29 is 17.6 Å². The number of benzene rings is 2. The van der Waals surface area contributed by atoms with Crippen LogP contribution in [0.3, 0.4) is 0 Å². The molecule has 0 aliphatic heterocycles. The molecule has 0 saturated heterocycles. The van der Waals surface area contributed by atoms with Gasteiger partial charge in [-0.1, -0.05) is 12.1 Å². The fourth-order valence-electron chi connectivity index (χ4n) is 1.79. The summed E-state index contributed by atoms with van der Waals surface area (Å²) in [4.78, 5) is 0. The molecule has 100 valence electrons. The average molecular weight is 289 g/mol. The first-order valence-electron chi connectivity index (χ1n) is 5.44. The van der Waals surface area contributed by atoms with E-state index < -0.39 is 34.2 Å². The summed E-state index contributed by atoms with van der Waals surface area (Å²) in [5.41, 5.74) is 0.0349. The number of hydrogen-bond acceptors (Lipinski definition) is 0. The first kappa shape index (κ1) is 13.9. The highest BCUT2D eigenvalue weighted by atomic mass is 35.5. The molecule has 0 bridgehead atoms. The predicted octanol–water partition coefficient (Wildman–Crippen LogP) is 4.88. The van der Waals surface area contributed by atoms with Crippen LogP contribution in [0.2, 0.25) is 0 Å². The summed E-state index contributed by atoms with van der Waals surface area (Å²) in [6.45, 7) is 1.68. The molecule has 5 heteroatoms. The Hall–Kier alpha value is -1.55. The first-order valence-corrected chi connectivity index (χ1v) is 5.88. The van der Waals surface area contributed by atoms with Gasteiger partial charge in [0.05, 0.1) is 5.38 Å². The Morgan fingerprint density at radius 2 is 1.47 bits per heavy atom. The van der Waals surface area contributed by atoms with E-state index in [1.165, 1.54) is 12.1 Å². The van der Waals surface area contributed by atoms with E-state index >= 15 is 0 Å². The van der Waals surface area contributed by atoms with Crippen LogP contribution >= 0.6 is 11.6 Å². The van der Waals surface area contributed by atoms with Crippen molar-refractivity contribution in [1.82, 2.24) is 0 Å². The summed E-state index contributed by atoms with van der Waals surface area (Å²) < 4.78 is 53.7. The van der Waals surface area contributed by atoms with Crippen LogP contribution in [0.5, 0.6) is 0 Å². The van der Waals surface area contributed by atoms with Crippen LogP contribution in [-0.2, 0) is 0 Å². The Labute approximate surface area is 112 Å². The fourth-order valence-corrected chi connectivity index (χ4v) is 2.17. The minimum atomic E-state index is -1.36. The highest BCUT2D eigenvalue weighted by molar-refractivity contribution is 6.22. The van der Waals surface area contributed by atoms with Crippen molar-refractivity contribution in [2.45, 2.75) is 12.3 Å². The van der Waals surface area contributed by atoms with Crippen molar-refractivity contribution in [2.75, 3.05) is 0 Å². The summed E-state index contributed by atoms with van der Waals surface area (Å²) in [5, 5.41) is -1.36. The second kappa shape index (κ2) is 5.21. The maximum absolute atomic E-state index is 13.7. The van der Waals surface area contributed by atoms with Crippen LogP contribution in [0.25, 0.3) is 0 Å². The fraction of sp³-hybridized carbons (Fsp3) is 0.143. The van der Waals surface area contributed by atoms with Gasteiger partial charge < -0.3 is 0 Å². The Morgan fingerprint density at radius 3 is 2.00 bits per heavy atom. The normalized spacial score (nSPS) is 12.5. The number of aryl methyl sites for hydroxylation is 1. The molecule has 0 aliphatic carbocycles. The lowest BCUT2D eigenvalue weighted by molar-refractivity contribution is 0.523. The van der Waals surface area contributed by atoms with Crippen LogP contribution in [0, 0.1) is 30.2 Å². The third kappa shape index (κ3) is 2.73. The van der Waals surface area contributed by atoms with Gasteiger partial charge in [0.2, 0.25) is 0 Å². The number of halogens is 5. The van der Waals surface area contributed by atoms with Crippen molar-refractivity contribution in [2.24, 2.45) is 0 Å². The van der Waals surface area contributed by atoms with E-state index in [0.29, 0.717) is 17.7 Å². The molecule has 19 heavy (non-hydrogen) atoms. The predicted molar refractivity (Wildman–Crippen MR) is 65.1 cm³/mol. The third-order valence-corrected chi connectivity index (χ3v) is 3.18. The average Bonchev–Trinajstić information content (AvgIpc) is 2.26. The Bertz CT molecular complexity index is 602. The van der Waals surface area contributed by atoms with Gasteiger partial charge in [0.1, 0.15) is 23.3 Å². The zero-order valence-electron chi connectivity index (χ0n) is 9.85. The Kier molecular flexibility index (Phi) is 3.80. The summed E-state index contributed by atoms with van der Waals surface area (Å²) in [5.74, 6) is -4.00. The topological polar surface area (TPSA) is 0 Å². The zero-order chi connectivity index (χ0) is 14.2. The van der Waals surface area contributed by atoms with Crippen molar-refractivity contribution in [3.8, 4) is 0 Å². The maximum atomic E-state index is 13.7. The summed E-state index contributed by atoms with van der Waals surface area (Å²) >= 11 is 5.91. The zero-order valence-corrected chi connectivity index (χ0v) is 10.6. The van der Waals surface area contributed by atoms with Crippen molar-refractivity contribution in [3.05, 3.63) is 70.3 Å². The molecule has 2 aromatic carbocycles. The SMILES string of the molecule is Cc1ccc(C(Cl)c2c(F)cc(F)cc2F)c(F)c1. The van der Waals surface area contributed by atoms with Gasteiger partial charge in [0.25, 0.3) is 0 Å². The third-order valence-electron chi connectivity index (χ3n) is 2.73. The minimum absolute atomic E-state index is 0.0586. The molecule has 0 aromatic heterocycles. The quantitative estimate of drug-likeness (QED) is 0.546. The van der Waals surface area contributed by atoms with E-state index in [2.05, 4.69) is 0 Å². The maximum Gasteiger partial charge on any atom is 0.134 e. The van der Waals surface area contributed by atoms with Crippen molar-refractivity contribution in [1.29, 1.82) is 0 Å². The molecule has 2 aromatic rings. The van der Waals surface area contributed by atoms with Crippen LogP contribution in [0.15, 0.2) is 30.3 Å². The monoisotopic (exact) mass is 288 g/mol. The Balaban J connectivity index is 2.53. The largest absolute Gasteiger partial charge is 0.207 e. The molecule has 0 radical (unpaired) electrons. The first-order chi connectivity index (χ1) is 8.90. The van der Waals surface area contributed by atoms with Gasteiger partial charge in [-0.2, -0.15) is 0 Å². The molecule has 0 N–H and O–H groups in total. The van der Waals surface area contributed by atoms with Crippen LogP contribution in [0.1, 0.15) is 22.1 Å². The van der Waals surface area contributed by atoms with Crippen LogP contribution < -0.4 is 0 Å². The number of alkyl halides is 1. The molecule has 0 aliphatic rings. The van der Waals surface area contributed by atoms with E-state index in [1.807, 2.05) is 0 Å². The van der Waals surface area contributed by atoms with Crippen molar-refractivity contribution in [3.63, 3.8) is 0 Å². The lowest BCUT2D eigenvalue weighted by Crippen LogP contribution is -2.04. The molecule has 1 unspecified atom stereocenters. The Morgan fingerprint density at radius 1 is 0.895 bits per heavy atom. The summed E-state index contributed by atoms with van der Waals surface area (Å²) in [6, 6.07) is 5.17.